The van der Waals surface area contributed by atoms with Crippen molar-refractivity contribution in [2.75, 3.05) is 5.73 Å². The predicted molar refractivity (Wildman–Crippen MR) is 56.8 cm³/mol. The SMILES string of the molecule is Nc1ccnc(-c2cc(F)ccc2Cl)n1. The smallest absolute Gasteiger partial charge is 0.163 e. The summed E-state index contributed by atoms with van der Waals surface area (Å²) in [5.74, 6) is 0.250. The Morgan fingerprint density at radius 1 is 1.27 bits per heavy atom. The zero-order valence-corrected chi connectivity index (χ0v) is 8.37. The fraction of sp³-hybridized carbons (Fsp3) is 0. The van der Waals surface area contributed by atoms with Crippen molar-refractivity contribution in [1.29, 1.82) is 0 Å². The first-order chi connectivity index (χ1) is 7.16. The summed E-state index contributed by atoms with van der Waals surface area (Å²) in [4.78, 5) is 7.93. The lowest BCUT2D eigenvalue weighted by molar-refractivity contribution is 0.628. The van der Waals surface area contributed by atoms with Crippen LogP contribution < -0.4 is 5.73 Å². The van der Waals surface area contributed by atoms with Crippen molar-refractivity contribution in [2.24, 2.45) is 0 Å². The Morgan fingerprint density at radius 3 is 2.80 bits per heavy atom. The van der Waals surface area contributed by atoms with Gasteiger partial charge in [-0.15, -0.1) is 0 Å². The molecule has 0 bridgehead atoms. The minimum atomic E-state index is -0.388. The fourth-order valence-electron chi connectivity index (χ4n) is 1.17. The van der Waals surface area contributed by atoms with E-state index in [9.17, 15) is 4.39 Å². The lowest BCUT2D eigenvalue weighted by Gasteiger charge is -2.03. The molecule has 1 aromatic heterocycles. The summed E-state index contributed by atoms with van der Waals surface area (Å²) >= 11 is 5.90. The number of rotatable bonds is 1. The molecule has 0 radical (unpaired) electrons. The third kappa shape index (κ3) is 2.05. The van der Waals surface area contributed by atoms with Gasteiger partial charge >= 0.3 is 0 Å². The van der Waals surface area contributed by atoms with E-state index in [1.165, 1.54) is 24.4 Å². The van der Waals surface area contributed by atoms with Gasteiger partial charge in [-0.2, -0.15) is 0 Å². The number of hydrogen-bond donors (Lipinski definition) is 1. The van der Waals surface area contributed by atoms with Crippen LogP contribution in [0.3, 0.4) is 0 Å². The normalized spacial score (nSPS) is 10.3. The molecule has 3 nitrogen and oxygen atoms in total. The summed E-state index contributed by atoms with van der Waals surface area (Å²) in [5.41, 5.74) is 5.93. The number of nitrogens with two attached hydrogens (primary N) is 1. The van der Waals surface area contributed by atoms with Gasteiger partial charge in [0.05, 0.1) is 5.02 Å². The van der Waals surface area contributed by atoms with E-state index < -0.39 is 0 Å². The lowest BCUT2D eigenvalue weighted by atomic mass is 10.2. The maximum Gasteiger partial charge on any atom is 0.163 e. The molecule has 15 heavy (non-hydrogen) atoms. The van der Waals surface area contributed by atoms with E-state index in [0.29, 0.717) is 22.2 Å². The van der Waals surface area contributed by atoms with E-state index in [-0.39, 0.29) is 5.82 Å². The molecule has 1 heterocycles. The van der Waals surface area contributed by atoms with Crippen LogP contribution in [-0.2, 0) is 0 Å². The minimum Gasteiger partial charge on any atom is -0.384 e. The van der Waals surface area contributed by atoms with Gasteiger partial charge in [0.15, 0.2) is 5.82 Å². The van der Waals surface area contributed by atoms with Crippen LogP contribution in [0, 0.1) is 5.82 Å². The maximum absolute atomic E-state index is 13.0. The molecule has 5 heteroatoms. The standard InChI is InChI=1S/C10H7ClFN3/c11-8-2-1-6(12)5-7(8)10-14-4-3-9(13)15-10/h1-5H,(H2,13,14,15). The van der Waals surface area contributed by atoms with E-state index in [1.807, 2.05) is 0 Å². The molecule has 0 atom stereocenters. The number of nitrogens with zero attached hydrogens (tertiary/aromatic N) is 2. The number of anilines is 1. The third-order valence-corrected chi connectivity index (χ3v) is 2.18. The highest BCUT2D eigenvalue weighted by molar-refractivity contribution is 6.33. The van der Waals surface area contributed by atoms with Crippen LogP contribution in [0.1, 0.15) is 0 Å². The quantitative estimate of drug-likeness (QED) is 0.808. The van der Waals surface area contributed by atoms with E-state index in [0.717, 1.165) is 0 Å². The topological polar surface area (TPSA) is 51.8 Å². The summed E-state index contributed by atoms with van der Waals surface area (Å²) in [6, 6.07) is 5.56. The van der Waals surface area contributed by atoms with Crippen molar-refractivity contribution in [3.8, 4) is 11.4 Å². The van der Waals surface area contributed by atoms with Crippen molar-refractivity contribution in [3.05, 3.63) is 41.3 Å². The van der Waals surface area contributed by atoms with Gasteiger partial charge in [0.2, 0.25) is 0 Å². The first-order valence-electron chi connectivity index (χ1n) is 4.21. The van der Waals surface area contributed by atoms with Gasteiger partial charge in [-0.3, -0.25) is 0 Å². The lowest BCUT2D eigenvalue weighted by Crippen LogP contribution is -1.95. The second kappa shape index (κ2) is 3.82. The van der Waals surface area contributed by atoms with Crippen LogP contribution in [0.5, 0.6) is 0 Å². The van der Waals surface area contributed by atoms with Gasteiger partial charge in [-0.1, -0.05) is 11.6 Å². The second-order valence-electron chi connectivity index (χ2n) is 2.93. The third-order valence-electron chi connectivity index (χ3n) is 1.85. The van der Waals surface area contributed by atoms with Gasteiger partial charge in [0.1, 0.15) is 11.6 Å². The highest BCUT2D eigenvalue weighted by Gasteiger charge is 2.07. The molecule has 0 fully saturated rings. The molecule has 76 valence electrons. The minimum absolute atomic E-state index is 0.319. The van der Waals surface area contributed by atoms with Crippen molar-refractivity contribution in [1.82, 2.24) is 9.97 Å². The molecule has 0 saturated heterocycles. The zero-order chi connectivity index (χ0) is 10.8. The van der Waals surface area contributed by atoms with Crippen LogP contribution in [-0.4, -0.2) is 9.97 Å². The number of benzene rings is 1. The maximum atomic E-state index is 13.0. The van der Waals surface area contributed by atoms with Crippen LogP contribution >= 0.6 is 11.6 Å². The largest absolute Gasteiger partial charge is 0.384 e. The number of hydrogen-bond acceptors (Lipinski definition) is 3. The van der Waals surface area contributed by atoms with Gasteiger partial charge in [-0.25, -0.2) is 14.4 Å². The first-order valence-corrected chi connectivity index (χ1v) is 4.58. The molecule has 0 unspecified atom stereocenters. The van der Waals surface area contributed by atoms with Crippen LogP contribution in [0.4, 0.5) is 10.2 Å². The first kappa shape index (κ1) is 9.86. The molecular weight excluding hydrogens is 217 g/mol. The summed E-state index contributed by atoms with van der Waals surface area (Å²) in [6.45, 7) is 0. The summed E-state index contributed by atoms with van der Waals surface area (Å²) < 4.78 is 13.0. The Kier molecular flexibility index (Phi) is 2.51. The molecule has 0 aliphatic rings. The molecule has 2 aromatic rings. The summed E-state index contributed by atoms with van der Waals surface area (Å²) in [5, 5.41) is 0.391. The Labute approximate surface area is 90.7 Å². The molecule has 0 saturated carbocycles. The second-order valence-corrected chi connectivity index (χ2v) is 3.34. The Balaban J connectivity index is 2.58. The molecule has 0 amide bonds. The molecule has 0 aliphatic carbocycles. The number of aromatic nitrogens is 2. The predicted octanol–water partition coefficient (Wildman–Crippen LogP) is 2.52. The number of nitrogen functional groups attached to an aromatic ring is 1. The van der Waals surface area contributed by atoms with Crippen LogP contribution in [0.2, 0.25) is 5.02 Å². The molecule has 0 aliphatic heterocycles. The Hall–Kier alpha value is -1.68. The van der Waals surface area contributed by atoms with Gasteiger partial charge in [-0.05, 0) is 24.3 Å². The zero-order valence-electron chi connectivity index (χ0n) is 7.61. The monoisotopic (exact) mass is 223 g/mol. The van der Waals surface area contributed by atoms with Crippen LogP contribution in [0.15, 0.2) is 30.5 Å². The van der Waals surface area contributed by atoms with Crippen LogP contribution in [0.25, 0.3) is 11.4 Å². The fourth-order valence-corrected chi connectivity index (χ4v) is 1.37. The van der Waals surface area contributed by atoms with E-state index in [4.69, 9.17) is 17.3 Å². The average Bonchev–Trinajstić information content (AvgIpc) is 2.22. The summed E-state index contributed by atoms with van der Waals surface area (Å²) in [6.07, 6.45) is 1.50. The Morgan fingerprint density at radius 2 is 2.07 bits per heavy atom. The average molecular weight is 224 g/mol. The van der Waals surface area contributed by atoms with Gasteiger partial charge in [0.25, 0.3) is 0 Å². The highest BCUT2D eigenvalue weighted by Crippen LogP contribution is 2.25. The van der Waals surface area contributed by atoms with E-state index in [1.54, 1.807) is 6.07 Å². The molecule has 2 N–H and O–H groups in total. The van der Waals surface area contributed by atoms with Gasteiger partial charge in [0, 0.05) is 11.8 Å². The van der Waals surface area contributed by atoms with Crippen molar-refractivity contribution in [3.63, 3.8) is 0 Å². The molecule has 2 rings (SSSR count). The molecule has 1 aromatic carbocycles. The van der Waals surface area contributed by atoms with Crippen molar-refractivity contribution >= 4 is 17.4 Å². The Bertz CT molecular complexity index is 502. The molecule has 0 spiro atoms. The van der Waals surface area contributed by atoms with E-state index in [2.05, 4.69) is 9.97 Å². The van der Waals surface area contributed by atoms with Crippen molar-refractivity contribution in [2.45, 2.75) is 0 Å². The van der Waals surface area contributed by atoms with E-state index >= 15 is 0 Å². The highest BCUT2D eigenvalue weighted by atomic mass is 35.5. The molecular formula is C10H7ClFN3. The number of halogens is 2. The van der Waals surface area contributed by atoms with Gasteiger partial charge < -0.3 is 5.73 Å². The summed E-state index contributed by atoms with van der Waals surface area (Å²) in [7, 11) is 0. The van der Waals surface area contributed by atoms with Crippen molar-refractivity contribution < 1.29 is 4.39 Å².